The molecule has 1 aliphatic carbocycles. The van der Waals surface area contributed by atoms with Crippen molar-refractivity contribution in [2.24, 2.45) is 0 Å². The maximum atomic E-state index is 12.0. The number of nitriles is 1. The lowest BCUT2D eigenvalue weighted by molar-refractivity contribution is 0.732. The Labute approximate surface area is 126 Å². The van der Waals surface area contributed by atoms with Gasteiger partial charge >= 0.3 is 0 Å². The zero-order valence-electron chi connectivity index (χ0n) is 11.7. The first-order valence-corrected chi connectivity index (χ1v) is 7.90. The average molecular weight is 301 g/mol. The van der Waals surface area contributed by atoms with Crippen LogP contribution in [-0.2, 0) is 25.1 Å². The normalized spacial score (nSPS) is 13.1. The molecule has 6 nitrogen and oxygen atoms in total. The number of hydrogen-bond donors (Lipinski definition) is 1. The molecule has 0 saturated carbocycles. The van der Waals surface area contributed by atoms with E-state index in [9.17, 15) is 4.79 Å². The fourth-order valence-electron chi connectivity index (χ4n) is 2.55. The molecule has 2 aromatic rings. The zero-order chi connectivity index (χ0) is 14.8. The van der Waals surface area contributed by atoms with E-state index in [-0.39, 0.29) is 5.56 Å². The van der Waals surface area contributed by atoms with Crippen LogP contribution in [-0.4, -0.2) is 19.5 Å². The summed E-state index contributed by atoms with van der Waals surface area (Å²) >= 11 is 1.44. The van der Waals surface area contributed by atoms with Gasteiger partial charge in [0.25, 0.3) is 5.56 Å². The number of rotatable bonds is 4. The van der Waals surface area contributed by atoms with Crippen molar-refractivity contribution in [1.29, 1.82) is 5.26 Å². The second-order valence-corrected chi connectivity index (χ2v) is 5.84. The number of nitrogens with one attached hydrogen (secondary N) is 1. The van der Waals surface area contributed by atoms with Gasteiger partial charge in [0.15, 0.2) is 10.9 Å². The molecular weight excluding hydrogens is 286 g/mol. The first-order valence-electron chi connectivity index (χ1n) is 6.92. The number of aromatic amines is 1. The van der Waals surface area contributed by atoms with Gasteiger partial charge in [-0.05, 0) is 26.2 Å². The molecule has 0 spiro atoms. The van der Waals surface area contributed by atoms with Gasteiger partial charge in [-0.2, -0.15) is 5.26 Å². The number of thioether (sulfide) groups is 1. The monoisotopic (exact) mass is 301 g/mol. The Hall–Kier alpha value is -2.07. The van der Waals surface area contributed by atoms with Gasteiger partial charge in [0.1, 0.15) is 6.07 Å². The summed E-state index contributed by atoms with van der Waals surface area (Å²) in [6.07, 6.45) is 4.38. The number of aromatic nitrogens is 4. The summed E-state index contributed by atoms with van der Waals surface area (Å²) in [6, 6.07) is 2.10. The largest absolute Gasteiger partial charge is 0.333 e. The zero-order valence-corrected chi connectivity index (χ0v) is 12.5. The Morgan fingerprint density at radius 1 is 1.52 bits per heavy atom. The van der Waals surface area contributed by atoms with Crippen molar-refractivity contribution < 1.29 is 0 Å². The molecule has 0 unspecified atom stereocenters. The number of aryl methyl sites for hydroxylation is 2. The second kappa shape index (κ2) is 5.74. The van der Waals surface area contributed by atoms with E-state index < -0.39 is 0 Å². The van der Waals surface area contributed by atoms with Crippen molar-refractivity contribution in [3.05, 3.63) is 39.3 Å². The molecule has 0 bridgehead atoms. The number of fused-ring (bicyclic) bond motifs is 1. The van der Waals surface area contributed by atoms with Gasteiger partial charge in [0, 0.05) is 17.9 Å². The molecule has 0 fully saturated rings. The smallest absolute Gasteiger partial charge is 0.254 e. The van der Waals surface area contributed by atoms with Crippen LogP contribution in [0.5, 0.6) is 0 Å². The highest BCUT2D eigenvalue weighted by Crippen LogP contribution is 2.23. The Morgan fingerprint density at radius 3 is 3.14 bits per heavy atom. The van der Waals surface area contributed by atoms with Crippen LogP contribution in [0.25, 0.3) is 0 Å². The average Bonchev–Trinajstić information content (AvgIpc) is 3.10. The Bertz CT molecular complexity index is 771. The Balaban J connectivity index is 1.83. The summed E-state index contributed by atoms with van der Waals surface area (Å²) in [5.74, 6) is 0.568. The molecular formula is C14H15N5OS. The Morgan fingerprint density at radius 2 is 2.38 bits per heavy atom. The summed E-state index contributed by atoms with van der Waals surface area (Å²) in [5, 5.41) is 9.71. The molecule has 1 N–H and O–H groups in total. The van der Waals surface area contributed by atoms with Gasteiger partial charge in [0.2, 0.25) is 0 Å². The maximum absolute atomic E-state index is 12.0. The predicted molar refractivity (Wildman–Crippen MR) is 79.1 cm³/mol. The van der Waals surface area contributed by atoms with Crippen molar-refractivity contribution in [3.8, 4) is 6.07 Å². The summed E-state index contributed by atoms with van der Waals surface area (Å²) in [4.78, 5) is 23.4. The van der Waals surface area contributed by atoms with Crippen molar-refractivity contribution in [2.75, 3.05) is 0 Å². The first-order chi connectivity index (χ1) is 10.2. The molecule has 2 aromatic heterocycles. The van der Waals surface area contributed by atoms with Crippen molar-refractivity contribution in [2.45, 2.75) is 43.6 Å². The number of H-pyrrole nitrogens is 1. The number of nitrogens with zero attached hydrogens (tertiary/aromatic N) is 4. The molecule has 0 radical (unpaired) electrons. The standard InChI is InChI=1S/C14H15N5OS/c1-2-19-8-16-11(6-15)12(19)7-21-14-17-10-5-3-4-9(10)13(20)18-14/h8H,2-5,7H2,1H3,(H,17,18,20). The van der Waals surface area contributed by atoms with Gasteiger partial charge in [0.05, 0.1) is 17.7 Å². The Kier molecular flexibility index (Phi) is 3.80. The van der Waals surface area contributed by atoms with E-state index in [0.29, 0.717) is 16.6 Å². The van der Waals surface area contributed by atoms with E-state index in [4.69, 9.17) is 5.26 Å². The first kappa shape index (κ1) is 13.9. The molecule has 0 amide bonds. The van der Waals surface area contributed by atoms with Crippen LogP contribution in [0.2, 0.25) is 0 Å². The molecule has 0 aromatic carbocycles. The summed E-state index contributed by atoms with van der Waals surface area (Å²) in [6.45, 7) is 2.77. The van der Waals surface area contributed by atoms with Crippen LogP contribution >= 0.6 is 11.8 Å². The molecule has 7 heteroatoms. The molecule has 1 aliphatic rings. The maximum Gasteiger partial charge on any atom is 0.254 e. The number of imidazole rings is 1. The molecule has 3 rings (SSSR count). The van der Waals surface area contributed by atoms with Gasteiger partial charge < -0.3 is 9.55 Å². The van der Waals surface area contributed by atoms with E-state index in [1.54, 1.807) is 6.33 Å². The molecule has 0 saturated heterocycles. The minimum absolute atomic E-state index is 0.0236. The summed E-state index contributed by atoms with van der Waals surface area (Å²) < 4.78 is 1.94. The molecule has 108 valence electrons. The fourth-order valence-corrected chi connectivity index (χ4v) is 3.46. The lowest BCUT2D eigenvalue weighted by atomic mass is 10.3. The lowest BCUT2D eigenvalue weighted by Gasteiger charge is -2.06. The van der Waals surface area contributed by atoms with E-state index in [0.717, 1.165) is 42.8 Å². The SMILES string of the molecule is CCn1cnc(C#N)c1CSc1nc2c(c(=O)[nH]1)CCC2. The van der Waals surface area contributed by atoms with Gasteiger partial charge in [-0.3, -0.25) is 4.79 Å². The van der Waals surface area contributed by atoms with Crippen LogP contribution in [0.15, 0.2) is 16.3 Å². The topological polar surface area (TPSA) is 87.4 Å². The minimum Gasteiger partial charge on any atom is -0.333 e. The van der Waals surface area contributed by atoms with Crippen LogP contribution in [0.3, 0.4) is 0 Å². The lowest BCUT2D eigenvalue weighted by Crippen LogP contribution is -2.15. The predicted octanol–water partition coefficient (Wildman–Crippen LogP) is 1.64. The molecule has 0 aliphatic heterocycles. The highest BCUT2D eigenvalue weighted by molar-refractivity contribution is 7.98. The van der Waals surface area contributed by atoms with Crippen LogP contribution < -0.4 is 5.56 Å². The van der Waals surface area contributed by atoms with Crippen LogP contribution in [0.1, 0.15) is 36.0 Å². The quantitative estimate of drug-likeness (QED) is 0.685. The van der Waals surface area contributed by atoms with E-state index in [2.05, 4.69) is 21.0 Å². The number of hydrogen-bond acceptors (Lipinski definition) is 5. The van der Waals surface area contributed by atoms with Gasteiger partial charge in [-0.15, -0.1) is 0 Å². The molecule has 2 heterocycles. The third-order valence-corrected chi connectivity index (χ3v) is 4.54. The fraction of sp³-hybridized carbons (Fsp3) is 0.429. The van der Waals surface area contributed by atoms with Crippen molar-refractivity contribution in [1.82, 2.24) is 19.5 Å². The highest BCUT2D eigenvalue weighted by Gasteiger charge is 2.18. The second-order valence-electron chi connectivity index (χ2n) is 4.88. The van der Waals surface area contributed by atoms with Crippen LogP contribution in [0, 0.1) is 11.3 Å². The molecule has 0 atom stereocenters. The van der Waals surface area contributed by atoms with E-state index in [1.165, 1.54) is 11.8 Å². The van der Waals surface area contributed by atoms with E-state index >= 15 is 0 Å². The highest BCUT2D eigenvalue weighted by atomic mass is 32.2. The van der Waals surface area contributed by atoms with Gasteiger partial charge in [-0.25, -0.2) is 9.97 Å². The van der Waals surface area contributed by atoms with Crippen molar-refractivity contribution in [3.63, 3.8) is 0 Å². The summed E-state index contributed by atoms with van der Waals surface area (Å²) in [5.41, 5.74) is 3.03. The van der Waals surface area contributed by atoms with Gasteiger partial charge in [-0.1, -0.05) is 11.8 Å². The van der Waals surface area contributed by atoms with Crippen LogP contribution in [0.4, 0.5) is 0 Å². The third kappa shape index (κ3) is 2.59. The van der Waals surface area contributed by atoms with Crippen molar-refractivity contribution >= 4 is 11.8 Å². The minimum atomic E-state index is -0.0236. The third-order valence-electron chi connectivity index (χ3n) is 3.66. The van der Waals surface area contributed by atoms with E-state index in [1.807, 2.05) is 11.5 Å². The molecule has 21 heavy (non-hydrogen) atoms. The summed E-state index contributed by atoms with van der Waals surface area (Å²) in [7, 11) is 0.